The summed E-state index contributed by atoms with van der Waals surface area (Å²) in [6, 6.07) is 5.57. The summed E-state index contributed by atoms with van der Waals surface area (Å²) in [4.78, 5) is 16.6. The Morgan fingerprint density at radius 2 is 2.00 bits per heavy atom. The fraction of sp³-hybridized carbons (Fsp3) is 0.444. The summed E-state index contributed by atoms with van der Waals surface area (Å²) >= 11 is 0. The molecule has 1 aromatic carbocycles. The number of hydrogen-bond donors (Lipinski definition) is 1. The van der Waals surface area contributed by atoms with Gasteiger partial charge < -0.3 is 19.4 Å². The lowest BCUT2D eigenvalue weighted by molar-refractivity contribution is -0.125. The van der Waals surface area contributed by atoms with Gasteiger partial charge in [0.05, 0.1) is 26.0 Å². The van der Waals surface area contributed by atoms with Crippen molar-refractivity contribution in [3.05, 3.63) is 42.5 Å². The van der Waals surface area contributed by atoms with Gasteiger partial charge in [0, 0.05) is 25.5 Å². The predicted octanol–water partition coefficient (Wildman–Crippen LogP) is 2.38. The molecule has 0 aliphatic rings. The maximum absolute atomic E-state index is 12.6. The Hall–Kier alpha value is -2.50. The monoisotopic (exact) mass is 331 g/mol. The van der Waals surface area contributed by atoms with Crippen LogP contribution in [0, 0.1) is 0 Å². The Morgan fingerprint density at radius 3 is 2.62 bits per heavy atom. The largest absolute Gasteiger partial charge is 0.493 e. The Bertz CT molecular complexity index is 666. The van der Waals surface area contributed by atoms with E-state index in [0.29, 0.717) is 18.0 Å². The summed E-state index contributed by atoms with van der Waals surface area (Å²) in [7, 11) is 3.18. The summed E-state index contributed by atoms with van der Waals surface area (Å²) in [5, 5.41) is 3.01. The molecule has 0 saturated carbocycles. The van der Waals surface area contributed by atoms with Gasteiger partial charge in [0.2, 0.25) is 5.91 Å². The Balaban J connectivity index is 1.96. The van der Waals surface area contributed by atoms with Crippen LogP contribution in [0.25, 0.3) is 0 Å². The van der Waals surface area contributed by atoms with Gasteiger partial charge >= 0.3 is 0 Å². The van der Waals surface area contributed by atoms with Crippen molar-refractivity contribution in [3.63, 3.8) is 0 Å². The molecule has 0 fully saturated rings. The van der Waals surface area contributed by atoms with Gasteiger partial charge in [0.15, 0.2) is 11.5 Å². The fourth-order valence-corrected chi connectivity index (χ4v) is 2.46. The van der Waals surface area contributed by atoms with Crippen molar-refractivity contribution in [2.45, 2.75) is 32.2 Å². The van der Waals surface area contributed by atoms with Crippen molar-refractivity contribution in [2.24, 2.45) is 0 Å². The highest BCUT2D eigenvalue weighted by Gasteiger charge is 2.30. The highest BCUT2D eigenvalue weighted by molar-refractivity contribution is 5.87. The van der Waals surface area contributed by atoms with Crippen molar-refractivity contribution < 1.29 is 14.3 Å². The Labute approximate surface area is 142 Å². The molecule has 6 nitrogen and oxygen atoms in total. The van der Waals surface area contributed by atoms with Crippen LogP contribution in [0.3, 0.4) is 0 Å². The summed E-state index contributed by atoms with van der Waals surface area (Å²) in [6.45, 7) is 5.25. The van der Waals surface area contributed by atoms with Gasteiger partial charge in [-0.15, -0.1) is 0 Å². The van der Waals surface area contributed by atoms with Crippen LogP contribution in [-0.4, -0.2) is 36.2 Å². The van der Waals surface area contributed by atoms with E-state index in [0.717, 1.165) is 18.5 Å². The van der Waals surface area contributed by atoms with Crippen LogP contribution in [0.15, 0.2) is 36.9 Å². The lowest BCUT2D eigenvalue weighted by Gasteiger charge is -2.25. The second kappa shape index (κ2) is 7.86. The number of aryl methyl sites for hydroxylation is 1. The minimum absolute atomic E-state index is 0.0136. The molecular weight excluding hydrogens is 306 g/mol. The third kappa shape index (κ3) is 4.07. The van der Waals surface area contributed by atoms with Crippen LogP contribution >= 0.6 is 0 Å². The number of hydrogen-bond acceptors (Lipinski definition) is 4. The van der Waals surface area contributed by atoms with Crippen LogP contribution in [0.1, 0.15) is 25.8 Å². The van der Waals surface area contributed by atoms with Crippen LogP contribution in [0.2, 0.25) is 0 Å². The smallest absolute Gasteiger partial charge is 0.230 e. The molecule has 2 aromatic rings. The molecule has 0 bridgehead atoms. The number of benzene rings is 1. The minimum atomic E-state index is -0.658. The molecule has 1 heterocycles. The Kier molecular flexibility index (Phi) is 5.84. The Morgan fingerprint density at radius 1 is 1.25 bits per heavy atom. The van der Waals surface area contributed by atoms with Crippen LogP contribution < -0.4 is 14.8 Å². The van der Waals surface area contributed by atoms with Crippen molar-refractivity contribution >= 4 is 5.91 Å². The molecule has 0 radical (unpaired) electrons. The molecule has 0 unspecified atom stereocenters. The van der Waals surface area contributed by atoms with Gasteiger partial charge in [-0.2, -0.15) is 0 Å². The number of methoxy groups -OCH3 is 2. The van der Waals surface area contributed by atoms with Gasteiger partial charge in [-0.25, -0.2) is 4.98 Å². The van der Waals surface area contributed by atoms with Gasteiger partial charge in [-0.05, 0) is 38.0 Å². The molecule has 1 amide bonds. The quantitative estimate of drug-likeness (QED) is 0.754. The summed E-state index contributed by atoms with van der Waals surface area (Å²) in [5.74, 6) is 1.26. The maximum Gasteiger partial charge on any atom is 0.230 e. The van der Waals surface area contributed by atoms with E-state index in [2.05, 4.69) is 10.3 Å². The first-order valence-corrected chi connectivity index (χ1v) is 7.95. The highest BCUT2D eigenvalue weighted by atomic mass is 16.5. The van der Waals surface area contributed by atoms with Crippen molar-refractivity contribution in [2.75, 3.05) is 20.8 Å². The normalized spacial score (nSPS) is 11.2. The highest BCUT2D eigenvalue weighted by Crippen LogP contribution is 2.33. The topological polar surface area (TPSA) is 65.4 Å². The molecule has 6 heteroatoms. The van der Waals surface area contributed by atoms with Crippen molar-refractivity contribution in [1.29, 1.82) is 0 Å². The molecule has 24 heavy (non-hydrogen) atoms. The van der Waals surface area contributed by atoms with Crippen molar-refractivity contribution in [3.8, 4) is 11.5 Å². The number of carbonyl (C=O) groups excluding carboxylic acids is 1. The summed E-state index contributed by atoms with van der Waals surface area (Å²) in [6.07, 6.45) is 6.29. The number of nitrogens with one attached hydrogen (secondary N) is 1. The van der Waals surface area contributed by atoms with E-state index >= 15 is 0 Å². The first kappa shape index (κ1) is 17.8. The molecule has 0 aliphatic heterocycles. The van der Waals surface area contributed by atoms with Gasteiger partial charge in [0.1, 0.15) is 0 Å². The van der Waals surface area contributed by atoms with E-state index in [-0.39, 0.29) is 5.91 Å². The van der Waals surface area contributed by atoms with Crippen LogP contribution in [0.4, 0.5) is 0 Å². The number of carbonyl (C=O) groups is 1. The number of amides is 1. The molecule has 0 spiro atoms. The van der Waals surface area contributed by atoms with E-state index < -0.39 is 5.41 Å². The zero-order chi connectivity index (χ0) is 17.6. The molecule has 1 aromatic heterocycles. The summed E-state index contributed by atoms with van der Waals surface area (Å²) in [5.41, 5.74) is 0.224. The number of aromatic nitrogens is 2. The van der Waals surface area contributed by atoms with Gasteiger partial charge in [0.25, 0.3) is 0 Å². The predicted molar refractivity (Wildman–Crippen MR) is 92.4 cm³/mol. The number of ether oxygens (including phenoxy) is 2. The van der Waals surface area contributed by atoms with Gasteiger partial charge in [-0.1, -0.05) is 6.07 Å². The third-order valence-electron chi connectivity index (χ3n) is 4.11. The van der Waals surface area contributed by atoms with Crippen LogP contribution in [-0.2, 0) is 16.8 Å². The van der Waals surface area contributed by atoms with E-state index in [1.807, 2.05) is 42.8 Å². The summed E-state index contributed by atoms with van der Waals surface area (Å²) < 4.78 is 12.6. The zero-order valence-electron chi connectivity index (χ0n) is 14.7. The van der Waals surface area contributed by atoms with Crippen molar-refractivity contribution in [1.82, 2.24) is 14.9 Å². The number of rotatable bonds is 8. The third-order valence-corrected chi connectivity index (χ3v) is 4.11. The minimum Gasteiger partial charge on any atom is -0.493 e. The first-order chi connectivity index (χ1) is 11.5. The maximum atomic E-state index is 12.6. The van der Waals surface area contributed by atoms with E-state index in [1.165, 1.54) is 0 Å². The number of imidazole rings is 1. The van der Waals surface area contributed by atoms with E-state index in [4.69, 9.17) is 9.47 Å². The molecule has 0 saturated heterocycles. The second-order valence-corrected chi connectivity index (χ2v) is 6.10. The van der Waals surface area contributed by atoms with E-state index in [9.17, 15) is 4.79 Å². The average molecular weight is 331 g/mol. The van der Waals surface area contributed by atoms with Crippen LogP contribution in [0.5, 0.6) is 11.5 Å². The molecule has 2 rings (SSSR count). The zero-order valence-corrected chi connectivity index (χ0v) is 14.7. The van der Waals surface area contributed by atoms with Gasteiger partial charge in [-0.3, -0.25) is 4.79 Å². The fourth-order valence-electron chi connectivity index (χ4n) is 2.46. The molecule has 1 N–H and O–H groups in total. The lowest BCUT2D eigenvalue weighted by atomic mass is 9.83. The SMILES string of the molecule is COc1ccc(C(C)(C)C(=O)NCCCn2ccnc2)cc1OC. The average Bonchev–Trinajstić information content (AvgIpc) is 3.11. The molecule has 0 aliphatic carbocycles. The van der Waals surface area contributed by atoms with E-state index in [1.54, 1.807) is 26.7 Å². The number of nitrogens with zero attached hydrogens (tertiary/aromatic N) is 2. The second-order valence-electron chi connectivity index (χ2n) is 6.10. The first-order valence-electron chi connectivity index (χ1n) is 7.95. The molecular formula is C18H25N3O3. The molecule has 130 valence electrons. The molecule has 0 atom stereocenters. The lowest BCUT2D eigenvalue weighted by Crippen LogP contribution is -2.40. The standard InChI is InChI=1S/C18H25N3O3/c1-18(2,14-6-7-15(23-3)16(12-14)24-4)17(22)20-8-5-10-21-11-9-19-13-21/h6-7,9,11-13H,5,8,10H2,1-4H3,(H,20,22).